The Morgan fingerprint density at radius 1 is 1.07 bits per heavy atom. The standard InChI is InChI=1S/C20H33N3O4.HI/c1-6-27-10-9-20(7-8-20)14-23-19(21-2)22-13-15-11-16(24-3)18(26-5)17(12-15)25-4;/h11-12H,6-10,13-14H2,1-5H3,(H2,21,22,23);1H. The highest BCUT2D eigenvalue weighted by Crippen LogP contribution is 2.48. The number of hydrogen-bond acceptors (Lipinski definition) is 5. The lowest BCUT2D eigenvalue weighted by Crippen LogP contribution is -2.40. The maximum atomic E-state index is 5.50. The zero-order chi connectivity index (χ0) is 19.7. The molecule has 0 bridgehead atoms. The first-order chi connectivity index (χ1) is 13.1. The Hall–Kier alpha value is -1.42. The van der Waals surface area contributed by atoms with Crippen molar-refractivity contribution in [2.75, 3.05) is 48.1 Å². The number of rotatable bonds is 11. The second-order valence-electron chi connectivity index (χ2n) is 6.76. The van der Waals surface area contributed by atoms with Gasteiger partial charge in [0.15, 0.2) is 17.5 Å². The maximum Gasteiger partial charge on any atom is 0.203 e. The van der Waals surface area contributed by atoms with Gasteiger partial charge in [-0.05, 0) is 49.3 Å². The van der Waals surface area contributed by atoms with Crippen LogP contribution in [0, 0.1) is 5.41 Å². The first-order valence-electron chi connectivity index (χ1n) is 9.42. The summed E-state index contributed by atoms with van der Waals surface area (Å²) in [5.41, 5.74) is 1.38. The van der Waals surface area contributed by atoms with Gasteiger partial charge in [0.2, 0.25) is 5.75 Å². The summed E-state index contributed by atoms with van der Waals surface area (Å²) in [6.07, 6.45) is 3.59. The van der Waals surface area contributed by atoms with Crippen molar-refractivity contribution in [2.45, 2.75) is 32.7 Å². The van der Waals surface area contributed by atoms with E-state index in [1.54, 1.807) is 28.4 Å². The van der Waals surface area contributed by atoms with Gasteiger partial charge in [-0.15, -0.1) is 24.0 Å². The van der Waals surface area contributed by atoms with Crippen LogP contribution in [0.5, 0.6) is 17.2 Å². The highest BCUT2D eigenvalue weighted by Gasteiger charge is 2.41. The number of guanidine groups is 1. The van der Waals surface area contributed by atoms with Crippen LogP contribution < -0.4 is 24.8 Å². The molecule has 0 saturated heterocycles. The molecule has 1 aromatic rings. The molecule has 1 aliphatic carbocycles. The van der Waals surface area contributed by atoms with Crippen LogP contribution in [0.15, 0.2) is 17.1 Å². The molecule has 7 nitrogen and oxygen atoms in total. The van der Waals surface area contributed by atoms with Crippen LogP contribution in [0.25, 0.3) is 0 Å². The highest BCUT2D eigenvalue weighted by atomic mass is 127. The van der Waals surface area contributed by atoms with Gasteiger partial charge >= 0.3 is 0 Å². The number of nitrogens with one attached hydrogen (secondary N) is 2. The number of aliphatic imine (C=N–C) groups is 1. The quantitative estimate of drug-likeness (QED) is 0.208. The molecule has 1 saturated carbocycles. The molecule has 0 radical (unpaired) electrons. The third-order valence-electron chi connectivity index (χ3n) is 4.98. The van der Waals surface area contributed by atoms with E-state index in [1.807, 2.05) is 19.1 Å². The molecule has 28 heavy (non-hydrogen) atoms. The van der Waals surface area contributed by atoms with Crippen LogP contribution in [-0.4, -0.2) is 54.1 Å². The lowest BCUT2D eigenvalue weighted by molar-refractivity contribution is 0.128. The van der Waals surface area contributed by atoms with Gasteiger partial charge < -0.3 is 29.6 Å². The van der Waals surface area contributed by atoms with E-state index in [4.69, 9.17) is 18.9 Å². The van der Waals surface area contributed by atoms with E-state index in [0.29, 0.717) is 29.2 Å². The summed E-state index contributed by atoms with van der Waals surface area (Å²) in [5.74, 6) is 2.66. The van der Waals surface area contributed by atoms with Crippen molar-refractivity contribution in [3.8, 4) is 17.2 Å². The SMILES string of the molecule is CCOCCC1(CNC(=NC)NCc2cc(OC)c(OC)c(OC)c2)CC1.I. The second-order valence-corrected chi connectivity index (χ2v) is 6.76. The minimum atomic E-state index is 0. The fraction of sp³-hybridized carbons (Fsp3) is 0.650. The number of methoxy groups -OCH3 is 3. The summed E-state index contributed by atoms with van der Waals surface area (Å²) in [4.78, 5) is 4.33. The number of nitrogens with zero attached hydrogens (tertiary/aromatic N) is 1. The summed E-state index contributed by atoms with van der Waals surface area (Å²) in [7, 11) is 6.62. The van der Waals surface area contributed by atoms with Crippen molar-refractivity contribution in [2.24, 2.45) is 10.4 Å². The molecule has 0 heterocycles. The minimum absolute atomic E-state index is 0. The van der Waals surface area contributed by atoms with Crippen LogP contribution in [0.1, 0.15) is 31.7 Å². The smallest absolute Gasteiger partial charge is 0.203 e. The van der Waals surface area contributed by atoms with Crippen LogP contribution in [-0.2, 0) is 11.3 Å². The van der Waals surface area contributed by atoms with E-state index >= 15 is 0 Å². The van der Waals surface area contributed by atoms with Crippen LogP contribution >= 0.6 is 24.0 Å². The zero-order valence-corrected chi connectivity index (χ0v) is 19.9. The van der Waals surface area contributed by atoms with Gasteiger partial charge in [-0.1, -0.05) is 0 Å². The van der Waals surface area contributed by atoms with Gasteiger partial charge in [-0.25, -0.2) is 0 Å². The first-order valence-corrected chi connectivity index (χ1v) is 9.42. The number of benzene rings is 1. The van der Waals surface area contributed by atoms with E-state index in [2.05, 4.69) is 15.6 Å². The Balaban J connectivity index is 0.00000392. The lowest BCUT2D eigenvalue weighted by atomic mass is 10.0. The lowest BCUT2D eigenvalue weighted by Gasteiger charge is -2.19. The number of halogens is 1. The van der Waals surface area contributed by atoms with Gasteiger partial charge in [-0.3, -0.25) is 4.99 Å². The summed E-state index contributed by atoms with van der Waals surface area (Å²) in [6, 6.07) is 3.87. The fourth-order valence-electron chi connectivity index (χ4n) is 3.04. The van der Waals surface area contributed by atoms with E-state index in [9.17, 15) is 0 Å². The molecule has 0 amide bonds. The Bertz CT molecular complexity index is 611. The molecule has 1 aliphatic rings. The molecule has 0 aromatic heterocycles. The monoisotopic (exact) mass is 507 g/mol. The van der Waals surface area contributed by atoms with E-state index < -0.39 is 0 Å². The van der Waals surface area contributed by atoms with Crippen molar-refractivity contribution in [3.05, 3.63) is 17.7 Å². The molecular formula is C20H34IN3O4. The Morgan fingerprint density at radius 3 is 2.18 bits per heavy atom. The average molecular weight is 507 g/mol. The molecule has 0 spiro atoms. The van der Waals surface area contributed by atoms with Crippen LogP contribution in [0.4, 0.5) is 0 Å². The zero-order valence-electron chi connectivity index (χ0n) is 17.6. The number of ether oxygens (including phenoxy) is 4. The maximum absolute atomic E-state index is 5.50. The second kappa shape index (κ2) is 12.2. The summed E-state index contributed by atoms with van der Waals surface area (Å²) >= 11 is 0. The molecular weight excluding hydrogens is 473 g/mol. The van der Waals surface area contributed by atoms with Crippen molar-refractivity contribution in [1.82, 2.24) is 10.6 Å². The Labute approximate surface area is 185 Å². The third-order valence-corrected chi connectivity index (χ3v) is 4.98. The summed E-state index contributed by atoms with van der Waals surface area (Å²) in [6.45, 7) is 5.15. The molecule has 160 valence electrons. The van der Waals surface area contributed by atoms with E-state index in [-0.39, 0.29) is 24.0 Å². The molecule has 0 atom stereocenters. The van der Waals surface area contributed by atoms with Crippen molar-refractivity contribution >= 4 is 29.9 Å². The first kappa shape index (κ1) is 24.6. The summed E-state index contributed by atoms with van der Waals surface area (Å²) < 4.78 is 21.7. The van der Waals surface area contributed by atoms with Gasteiger partial charge in [0.1, 0.15) is 0 Å². The normalized spacial score (nSPS) is 14.7. The fourth-order valence-corrected chi connectivity index (χ4v) is 3.04. The molecule has 2 rings (SSSR count). The predicted molar refractivity (Wildman–Crippen MR) is 122 cm³/mol. The Morgan fingerprint density at radius 2 is 1.71 bits per heavy atom. The topological polar surface area (TPSA) is 73.3 Å². The summed E-state index contributed by atoms with van der Waals surface area (Å²) in [5, 5.41) is 6.79. The predicted octanol–water partition coefficient (Wildman–Crippen LogP) is 3.20. The molecule has 0 unspecified atom stereocenters. The Kier molecular flexibility index (Phi) is 10.7. The van der Waals surface area contributed by atoms with Crippen molar-refractivity contribution < 1.29 is 18.9 Å². The van der Waals surface area contributed by atoms with Crippen LogP contribution in [0.2, 0.25) is 0 Å². The third kappa shape index (κ3) is 6.88. The van der Waals surface area contributed by atoms with E-state index in [1.165, 1.54) is 12.8 Å². The van der Waals surface area contributed by atoms with Crippen molar-refractivity contribution in [3.63, 3.8) is 0 Å². The molecule has 8 heteroatoms. The van der Waals surface area contributed by atoms with Crippen LogP contribution in [0.3, 0.4) is 0 Å². The number of hydrogen-bond donors (Lipinski definition) is 2. The highest BCUT2D eigenvalue weighted by molar-refractivity contribution is 14.0. The molecule has 0 aliphatic heterocycles. The van der Waals surface area contributed by atoms with E-state index in [0.717, 1.165) is 37.7 Å². The van der Waals surface area contributed by atoms with Gasteiger partial charge in [0.05, 0.1) is 21.3 Å². The van der Waals surface area contributed by atoms with Gasteiger partial charge in [-0.2, -0.15) is 0 Å². The average Bonchev–Trinajstić information content (AvgIpc) is 3.47. The molecule has 1 aromatic carbocycles. The largest absolute Gasteiger partial charge is 0.493 e. The molecule has 2 N–H and O–H groups in total. The van der Waals surface area contributed by atoms with Crippen molar-refractivity contribution in [1.29, 1.82) is 0 Å². The minimum Gasteiger partial charge on any atom is -0.493 e. The van der Waals surface area contributed by atoms with Gasteiger partial charge in [0, 0.05) is 33.4 Å². The molecule has 1 fully saturated rings. The van der Waals surface area contributed by atoms with Gasteiger partial charge in [0.25, 0.3) is 0 Å².